The van der Waals surface area contributed by atoms with Gasteiger partial charge in [-0.1, -0.05) is 38.1 Å². The SMILES string of the molecule is CC(C)c1cccc(NS(=O)(=O)c2ccc(CN)cc2)c1. The number of nitrogens with two attached hydrogens (primary N) is 1. The molecular weight excluding hydrogens is 284 g/mol. The van der Waals surface area contributed by atoms with Crippen LogP contribution in [0.4, 0.5) is 5.69 Å². The Labute approximate surface area is 126 Å². The Hall–Kier alpha value is -1.85. The van der Waals surface area contributed by atoms with Crippen molar-refractivity contribution in [1.82, 2.24) is 0 Å². The number of hydrogen-bond acceptors (Lipinski definition) is 3. The van der Waals surface area contributed by atoms with Gasteiger partial charge in [-0.25, -0.2) is 8.42 Å². The lowest BCUT2D eigenvalue weighted by molar-refractivity contribution is 0.601. The summed E-state index contributed by atoms with van der Waals surface area (Å²) in [5.41, 5.74) is 8.08. The van der Waals surface area contributed by atoms with Gasteiger partial charge < -0.3 is 5.73 Å². The van der Waals surface area contributed by atoms with E-state index in [1.165, 1.54) is 0 Å². The van der Waals surface area contributed by atoms with Crippen LogP contribution >= 0.6 is 0 Å². The zero-order valence-corrected chi connectivity index (χ0v) is 13.0. The van der Waals surface area contributed by atoms with Crippen LogP contribution in [0.1, 0.15) is 30.9 Å². The van der Waals surface area contributed by atoms with Gasteiger partial charge in [0.1, 0.15) is 0 Å². The molecule has 21 heavy (non-hydrogen) atoms. The van der Waals surface area contributed by atoms with Crippen LogP contribution in [0.2, 0.25) is 0 Å². The van der Waals surface area contributed by atoms with Gasteiger partial charge in [0.05, 0.1) is 4.90 Å². The summed E-state index contributed by atoms with van der Waals surface area (Å²) in [5.74, 6) is 0.346. The normalized spacial score (nSPS) is 11.6. The molecule has 2 rings (SSSR count). The maximum atomic E-state index is 12.3. The summed E-state index contributed by atoms with van der Waals surface area (Å²) in [7, 11) is -3.57. The maximum absolute atomic E-state index is 12.3. The smallest absolute Gasteiger partial charge is 0.261 e. The van der Waals surface area contributed by atoms with Crippen molar-refractivity contribution < 1.29 is 8.42 Å². The minimum Gasteiger partial charge on any atom is -0.326 e. The summed E-state index contributed by atoms with van der Waals surface area (Å²) in [6, 6.07) is 14.0. The first-order chi connectivity index (χ1) is 9.92. The van der Waals surface area contributed by atoms with E-state index in [1.807, 2.05) is 18.2 Å². The van der Waals surface area contributed by atoms with E-state index in [1.54, 1.807) is 30.3 Å². The molecule has 0 saturated heterocycles. The molecule has 0 unspecified atom stereocenters. The topological polar surface area (TPSA) is 72.2 Å². The molecule has 0 amide bonds. The highest BCUT2D eigenvalue weighted by Crippen LogP contribution is 2.21. The molecule has 4 nitrogen and oxygen atoms in total. The number of sulfonamides is 1. The van der Waals surface area contributed by atoms with Gasteiger partial charge in [0.25, 0.3) is 10.0 Å². The zero-order valence-electron chi connectivity index (χ0n) is 12.2. The van der Waals surface area contributed by atoms with Gasteiger partial charge >= 0.3 is 0 Å². The lowest BCUT2D eigenvalue weighted by Crippen LogP contribution is -2.13. The Morgan fingerprint density at radius 3 is 2.33 bits per heavy atom. The summed E-state index contributed by atoms with van der Waals surface area (Å²) in [6.45, 7) is 4.53. The molecule has 0 atom stereocenters. The summed E-state index contributed by atoms with van der Waals surface area (Å²) < 4.78 is 27.3. The van der Waals surface area contributed by atoms with Crippen LogP contribution in [-0.2, 0) is 16.6 Å². The molecule has 0 radical (unpaired) electrons. The van der Waals surface area contributed by atoms with E-state index >= 15 is 0 Å². The molecule has 2 aromatic rings. The zero-order chi connectivity index (χ0) is 15.5. The largest absolute Gasteiger partial charge is 0.326 e. The van der Waals surface area contributed by atoms with Crippen molar-refractivity contribution in [3.63, 3.8) is 0 Å². The van der Waals surface area contributed by atoms with Gasteiger partial charge in [-0.15, -0.1) is 0 Å². The van der Waals surface area contributed by atoms with E-state index in [9.17, 15) is 8.42 Å². The minimum atomic E-state index is -3.57. The van der Waals surface area contributed by atoms with E-state index in [0.717, 1.165) is 11.1 Å². The van der Waals surface area contributed by atoms with E-state index < -0.39 is 10.0 Å². The summed E-state index contributed by atoms with van der Waals surface area (Å²) in [5, 5.41) is 0. The van der Waals surface area contributed by atoms with Crippen molar-refractivity contribution in [2.24, 2.45) is 5.73 Å². The molecule has 0 fully saturated rings. The van der Waals surface area contributed by atoms with Crippen LogP contribution in [-0.4, -0.2) is 8.42 Å². The third-order valence-corrected chi connectivity index (χ3v) is 4.67. The van der Waals surface area contributed by atoms with E-state index in [4.69, 9.17) is 5.73 Å². The second-order valence-corrected chi connectivity index (χ2v) is 6.92. The number of rotatable bonds is 5. The number of anilines is 1. The van der Waals surface area contributed by atoms with Gasteiger partial charge in [-0.2, -0.15) is 0 Å². The number of nitrogens with one attached hydrogen (secondary N) is 1. The average molecular weight is 304 g/mol. The molecule has 3 N–H and O–H groups in total. The van der Waals surface area contributed by atoms with Crippen LogP contribution in [0.5, 0.6) is 0 Å². The fourth-order valence-electron chi connectivity index (χ4n) is 1.98. The highest BCUT2D eigenvalue weighted by molar-refractivity contribution is 7.92. The van der Waals surface area contributed by atoms with Crippen molar-refractivity contribution in [2.75, 3.05) is 4.72 Å². The van der Waals surface area contributed by atoms with Crippen LogP contribution in [0.3, 0.4) is 0 Å². The highest BCUT2D eigenvalue weighted by atomic mass is 32.2. The predicted molar refractivity (Wildman–Crippen MR) is 85.7 cm³/mol. The summed E-state index contributed by atoms with van der Waals surface area (Å²) in [6.07, 6.45) is 0. The standard InChI is InChI=1S/C16H20N2O2S/c1-12(2)14-4-3-5-15(10-14)18-21(19,20)16-8-6-13(11-17)7-9-16/h3-10,12,18H,11,17H2,1-2H3. The molecule has 0 heterocycles. The Morgan fingerprint density at radius 2 is 1.76 bits per heavy atom. The lowest BCUT2D eigenvalue weighted by atomic mass is 10.0. The minimum absolute atomic E-state index is 0.231. The fourth-order valence-corrected chi connectivity index (χ4v) is 3.03. The van der Waals surface area contributed by atoms with Crippen LogP contribution in [0.25, 0.3) is 0 Å². The van der Waals surface area contributed by atoms with Crippen LogP contribution in [0, 0.1) is 0 Å². The molecule has 0 bridgehead atoms. The third-order valence-electron chi connectivity index (χ3n) is 3.27. The molecule has 0 aromatic heterocycles. The monoisotopic (exact) mass is 304 g/mol. The number of benzene rings is 2. The molecule has 112 valence electrons. The molecule has 0 spiro atoms. The van der Waals surface area contributed by atoms with Crippen LogP contribution in [0.15, 0.2) is 53.4 Å². The van der Waals surface area contributed by atoms with Gasteiger partial charge in [-0.05, 0) is 41.3 Å². The fraction of sp³-hybridized carbons (Fsp3) is 0.250. The molecule has 5 heteroatoms. The molecule has 0 aliphatic rings. The second-order valence-electron chi connectivity index (χ2n) is 5.23. The van der Waals surface area contributed by atoms with E-state index in [-0.39, 0.29) is 4.90 Å². The third kappa shape index (κ3) is 3.83. The van der Waals surface area contributed by atoms with Crippen molar-refractivity contribution in [3.05, 3.63) is 59.7 Å². The molecule has 0 aliphatic carbocycles. The number of hydrogen-bond donors (Lipinski definition) is 2. The van der Waals surface area contributed by atoms with Crippen molar-refractivity contribution in [3.8, 4) is 0 Å². The first kappa shape index (κ1) is 15.5. The second kappa shape index (κ2) is 6.28. The van der Waals surface area contributed by atoms with Crippen molar-refractivity contribution in [2.45, 2.75) is 31.2 Å². The quantitative estimate of drug-likeness (QED) is 0.891. The summed E-state index contributed by atoms with van der Waals surface area (Å²) in [4.78, 5) is 0.231. The predicted octanol–water partition coefficient (Wildman–Crippen LogP) is 3.07. The van der Waals surface area contributed by atoms with Crippen LogP contribution < -0.4 is 10.5 Å². The summed E-state index contributed by atoms with van der Waals surface area (Å²) >= 11 is 0. The van der Waals surface area contributed by atoms with Gasteiger partial charge in [-0.3, -0.25) is 4.72 Å². The molecular formula is C16H20N2O2S. The van der Waals surface area contributed by atoms with E-state index in [0.29, 0.717) is 18.2 Å². The molecule has 0 saturated carbocycles. The highest BCUT2D eigenvalue weighted by Gasteiger charge is 2.14. The van der Waals surface area contributed by atoms with E-state index in [2.05, 4.69) is 18.6 Å². The van der Waals surface area contributed by atoms with Gasteiger partial charge in [0.2, 0.25) is 0 Å². The lowest BCUT2D eigenvalue weighted by Gasteiger charge is -2.11. The Balaban J connectivity index is 2.26. The maximum Gasteiger partial charge on any atom is 0.261 e. The Morgan fingerprint density at radius 1 is 1.10 bits per heavy atom. The average Bonchev–Trinajstić information content (AvgIpc) is 2.47. The Bertz CT molecular complexity index is 707. The Kier molecular flexibility index (Phi) is 4.65. The molecule has 2 aromatic carbocycles. The van der Waals surface area contributed by atoms with Crippen molar-refractivity contribution in [1.29, 1.82) is 0 Å². The molecule has 0 aliphatic heterocycles. The first-order valence-corrected chi connectivity index (χ1v) is 8.32. The van der Waals surface area contributed by atoms with Gasteiger partial charge in [0.15, 0.2) is 0 Å². The van der Waals surface area contributed by atoms with Crippen molar-refractivity contribution >= 4 is 15.7 Å². The van der Waals surface area contributed by atoms with Gasteiger partial charge in [0, 0.05) is 12.2 Å². The first-order valence-electron chi connectivity index (χ1n) is 6.84.